The van der Waals surface area contributed by atoms with Gasteiger partial charge in [-0.25, -0.2) is 0 Å². The Kier molecular flexibility index (Phi) is 7.76. The first-order valence-corrected chi connectivity index (χ1v) is 10.6. The Morgan fingerprint density at radius 2 is 1.59 bits per heavy atom. The van der Waals surface area contributed by atoms with Crippen LogP contribution in [0.4, 0.5) is 11.4 Å². The molecule has 1 aliphatic rings. The van der Waals surface area contributed by atoms with Crippen molar-refractivity contribution in [3.63, 3.8) is 0 Å². The summed E-state index contributed by atoms with van der Waals surface area (Å²) in [6, 6.07) is 16.3. The second kappa shape index (κ2) is 10.7. The summed E-state index contributed by atoms with van der Waals surface area (Å²) in [7, 11) is 0. The summed E-state index contributed by atoms with van der Waals surface area (Å²) in [5, 5.41) is 8.79. The fraction of sp³-hybridized carbons (Fsp3) is 0.348. The highest BCUT2D eigenvalue weighted by Crippen LogP contribution is 2.27. The van der Waals surface area contributed by atoms with E-state index in [9.17, 15) is 9.59 Å². The topological polar surface area (TPSA) is 70.2 Å². The Morgan fingerprint density at radius 3 is 2.34 bits per heavy atom. The molecule has 0 aliphatic heterocycles. The molecule has 1 saturated carbocycles. The second-order valence-electron chi connectivity index (χ2n) is 7.41. The Balaban J connectivity index is 1.53. The lowest BCUT2D eigenvalue weighted by molar-refractivity contribution is -0.120. The first-order chi connectivity index (χ1) is 14.1. The Hall–Kier alpha value is -2.73. The lowest BCUT2D eigenvalue weighted by Crippen LogP contribution is -2.34. The number of amides is 2. The van der Waals surface area contributed by atoms with Crippen molar-refractivity contribution in [3.8, 4) is 0 Å². The van der Waals surface area contributed by atoms with Gasteiger partial charge in [-0.05, 0) is 48.8 Å². The van der Waals surface area contributed by atoms with Crippen molar-refractivity contribution in [1.82, 2.24) is 5.32 Å². The largest absolute Gasteiger partial charge is 0.332 e. The Morgan fingerprint density at radius 1 is 0.897 bits per heavy atom. The van der Waals surface area contributed by atoms with Crippen molar-refractivity contribution in [2.45, 2.75) is 44.9 Å². The molecule has 0 radical (unpaired) electrons. The van der Waals surface area contributed by atoms with E-state index in [0.717, 1.165) is 6.42 Å². The molecular formula is C23H27N3O2S. The van der Waals surface area contributed by atoms with Crippen molar-refractivity contribution in [2.24, 2.45) is 5.92 Å². The highest BCUT2D eigenvalue weighted by Gasteiger charge is 2.16. The first kappa shape index (κ1) is 21.0. The van der Waals surface area contributed by atoms with Crippen LogP contribution in [0.15, 0.2) is 54.6 Å². The average Bonchev–Trinajstić information content (AvgIpc) is 2.74. The van der Waals surface area contributed by atoms with Crippen molar-refractivity contribution in [2.75, 3.05) is 10.6 Å². The van der Waals surface area contributed by atoms with Crippen LogP contribution >= 0.6 is 12.2 Å². The number of hydrogen-bond acceptors (Lipinski definition) is 3. The van der Waals surface area contributed by atoms with Gasteiger partial charge in [0.2, 0.25) is 5.91 Å². The zero-order valence-electron chi connectivity index (χ0n) is 16.4. The number of rotatable bonds is 6. The third-order valence-corrected chi connectivity index (χ3v) is 5.41. The Bertz CT molecular complexity index is 848. The zero-order chi connectivity index (χ0) is 20.5. The van der Waals surface area contributed by atoms with Gasteiger partial charge in [-0.2, -0.15) is 0 Å². The Labute approximate surface area is 177 Å². The van der Waals surface area contributed by atoms with E-state index in [2.05, 4.69) is 16.0 Å². The van der Waals surface area contributed by atoms with Crippen molar-refractivity contribution >= 4 is 40.5 Å². The highest BCUT2D eigenvalue weighted by atomic mass is 32.1. The van der Waals surface area contributed by atoms with Gasteiger partial charge in [-0.1, -0.05) is 62.4 Å². The maximum Gasteiger partial charge on any atom is 0.257 e. The van der Waals surface area contributed by atoms with Crippen LogP contribution in [0.3, 0.4) is 0 Å². The molecule has 1 aliphatic carbocycles. The van der Waals surface area contributed by atoms with Gasteiger partial charge in [0.25, 0.3) is 5.91 Å². The molecule has 2 aromatic carbocycles. The smallest absolute Gasteiger partial charge is 0.257 e. The van der Waals surface area contributed by atoms with Gasteiger partial charge in [-0.3, -0.25) is 9.59 Å². The minimum atomic E-state index is -0.245. The predicted octanol–water partition coefficient (Wildman–Crippen LogP) is 5.11. The average molecular weight is 410 g/mol. The van der Waals surface area contributed by atoms with Crippen LogP contribution in [0, 0.1) is 5.92 Å². The van der Waals surface area contributed by atoms with Crippen LogP contribution in [-0.2, 0) is 4.79 Å². The summed E-state index contributed by atoms with van der Waals surface area (Å²) in [5.74, 6) is 0.323. The van der Waals surface area contributed by atoms with Crippen molar-refractivity contribution < 1.29 is 9.59 Å². The molecule has 0 bridgehead atoms. The fourth-order valence-corrected chi connectivity index (χ4v) is 3.89. The number of carbonyl (C=O) groups excluding carboxylic acids is 2. The molecule has 152 valence electrons. The molecule has 3 rings (SSSR count). The summed E-state index contributed by atoms with van der Waals surface area (Å²) < 4.78 is 0. The SMILES string of the molecule is O=C(CCC1CCCCC1)NC(=S)Nc1ccccc1C(=O)Nc1ccccc1. The lowest BCUT2D eigenvalue weighted by Gasteiger charge is -2.21. The van der Waals surface area contributed by atoms with E-state index >= 15 is 0 Å². The summed E-state index contributed by atoms with van der Waals surface area (Å²) in [6.45, 7) is 0. The number of thiocarbonyl (C=S) groups is 1. The molecule has 0 aromatic heterocycles. The summed E-state index contributed by atoms with van der Waals surface area (Å²) in [6.07, 6.45) is 7.68. The van der Waals surface area contributed by atoms with E-state index < -0.39 is 0 Å². The van der Waals surface area contributed by atoms with Gasteiger partial charge in [0, 0.05) is 12.1 Å². The van der Waals surface area contributed by atoms with Gasteiger partial charge in [0.05, 0.1) is 11.3 Å². The minimum Gasteiger partial charge on any atom is -0.332 e. The van der Waals surface area contributed by atoms with Crippen LogP contribution < -0.4 is 16.0 Å². The summed E-state index contributed by atoms with van der Waals surface area (Å²) in [5.41, 5.74) is 1.72. The number of anilines is 2. The molecule has 5 nitrogen and oxygen atoms in total. The standard InChI is InChI=1S/C23H27N3O2S/c27-21(16-15-17-9-3-1-4-10-17)26-23(29)25-20-14-8-7-13-19(20)22(28)24-18-11-5-2-6-12-18/h2,5-8,11-14,17H,1,3-4,9-10,15-16H2,(H,24,28)(H2,25,26,27,29). The molecule has 2 amide bonds. The van der Waals surface area contributed by atoms with Gasteiger partial charge in [0.1, 0.15) is 0 Å². The first-order valence-electron chi connectivity index (χ1n) is 10.2. The van der Waals surface area contributed by atoms with E-state index in [1.165, 1.54) is 32.1 Å². The highest BCUT2D eigenvalue weighted by molar-refractivity contribution is 7.80. The van der Waals surface area contributed by atoms with Crippen LogP contribution in [0.2, 0.25) is 0 Å². The molecule has 0 unspecified atom stereocenters. The predicted molar refractivity (Wildman–Crippen MR) is 121 cm³/mol. The zero-order valence-corrected chi connectivity index (χ0v) is 17.3. The van der Waals surface area contributed by atoms with E-state index in [1.807, 2.05) is 36.4 Å². The molecule has 0 saturated heterocycles. The molecule has 2 aromatic rings. The molecule has 29 heavy (non-hydrogen) atoms. The van der Waals surface area contributed by atoms with Crippen molar-refractivity contribution in [3.05, 3.63) is 60.2 Å². The third-order valence-electron chi connectivity index (χ3n) is 5.21. The van der Waals surface area contributed by atoms with Gasteiger partial charge >= 0.3 is 0 Å². The number of nitrogens with one attached hydrogen (secondary N) is 3. The van der Waals surface area contributed by atoms with Crippen LogP contribution in [0.5, 0.6) is 0 Å². The normalized spacial score (nSPS) is 14.1. The number of hydrogen-bond donors (Lipinski definition) is 3. The van der Waals surface area contributed by atoms with Crippen LogP contribution in [0.25, 0.3) is 0 Å². The summed E-state index contributed by atoms with van der Waals surface area (Å²) in [4.78, 5) is 24.9. The number of benzene rings is 2. The van der Waals surface area contributed by atoms with Gasteiger partial charge in [0.15, 0.2) is 5.11 Å². The number of para-hydroxylation sites is 2. The van der Waals surface area contributed by atoms with E-state index in [1.54, 1.807) is 18.2 Å². The van der Waals surface area contributed by atoms with Gasteiger partial charge in [-0.15, -0.1) is 0 Å². The van der Waals surface area contributed by atoms with Gasteiger partial charge < -0.3 is 16.0 Å². The molecule has 6 heteroatoms. The molecule has 0 atom stereocenters. The third kappa shape index (κ3) is 6.68. The monoisotopic (exact) mass is 409 g/mol. The quantitative estimate of drug-likeness (QED) is 0.580. The second-order valence-corrected chi connectivity index (χ2v) is 7.82. The van der Waals surface area contributed by atoms with E-state index in [0.29, 0.717) is 29.3 Å². The molecule has 0 spiro atoms. The lowest BCUT2D eigenvalue weighted by atomic mass is 9.86. The van der Waals surface area contributed by atoms with Crippen molar-refractivity contribution in [1.29, 1.82) is 0 Å². The van der Waals surface area contributed by atoms with Crippen LogP contribution in [0.1, 0.15) is 55.3 Å². The van der Waals surface area contributed by atoms with E-state index in [4.69, 9.17) is 12.2 Å². The molecule has 0 heterocycles. The molecular weight excluding hydrogens is 382 g/mol. The summed E-state index contributed by atoms with van der Waals surface area (Å²) >= 11 is 5.28. The number of carbonyl (C=O) groups is 2. The van der Waals surface area contributed by atoms with E-state index in [-0.39, 0.29) is 16.9 Å². The molecule has 3 N–H and O–H groups in total. The maximum absolute atomic E-state index is 12.6. The maximum atomic E-state index is 12.6. The van der Waals surface area contributed by atoms with Crippen LogP contribution in [-0.4, -0.2) is 16.9 Å². The fourth-order valence-electron chi connectivity index (χ4n) is 3.66. The minimum absolute atomic E-state index is 0.0840. The molecule has 1 fully saturated rings.